The van der Waals surface area contributed by atoms with E-state index in [1.807, 2.05) is 109 Å². The van der Waals surface area contributed by atoms with E-state index < -0.39 is 6.04 Å². The third-order valence-corrected chi connectivity index (χ3v) is 8.69. The Hall–Kier alpha value is -4.73. The number of nitrogens with zero attached hydrogens (tertiary/aromatic N) is 2. The molecule has 0 unspecified atom stereocenters. The Kier molecular flexibility index (Phi) is 8.58. The smallest absolute Gasteiger partial charge is 0.271 e. The van der Waals surface area contributed by atoms with Crippen LogP contribution in [0.1, 0.15) is 29.7 Å². The van der Waals surface area contributed by atoms with Gasteiger partial charge in [0.05, 0.1) is 29.0 Å². The lowest BCUT2D eigenvalue weighted by Crippen LogP contribution is -2.40. The number of hydrogen-bond donors (Lipinski definition) is 1. The van der Waals surface area contributed by atoms with Crippen LogP contribution in [0.15, 0.2) is 129 Å². The van der Waals surface area contributed by atoms with Gasteiger partial charge in [0.15, 0.2) is 4.80 Å². The molecule has 1 amide bonds. The molecule has 1 atom stereocenters. The van der Waals surface area contributed by atoms with Crippen LogP contribution in [0.4, 0.5) is 5.69 Å². The van der Waals surface area contributed by atoms with E-state index in [9.17, 15) is 9.59 Å². The number of ether oxygens (including phenoxy) is 2. The number of amides is 1. The maximum absolute atomic E-state index is 14.1. The Bertz CT molecular complexity index is 2050. The SMILES string of the molecule is COc1cccc([C@H]2C(C(=O)Nc3ccccc3)=C(C)N=c3s/c(=C\c4cccc(OCc5ccc(Br)cc5)c4)c(=O)n32)c1. The molecule has 2 heterocycles. The summed E-state index contributed by atoms with van der Waals surface area (Å²) in [5.74, 6) is 0.997. The van der Waals surface area contributed by atoms with Gasteiger partial charge < -0.3 is 14.8 Å². The fraction of sp³-hybridized carbons (Fsp3) is 0.114. The van der Waals surface area contributed by atoms with E-state index in [2.05, 4.69) is 21.2 Å². The van der Waals surface area contributed by atoms with Gasteiger partial charge >= 0.3 is 0 Å². The van der Waals surface area contributed by atoms with Crippen molar-refractivity contribution in [3.8, 4) is 11.5 Å². The van der Waals surface area contributed by atoms with E-state index >= 15 is 0 Å². The van der Waals surface area contributed by atoms with Crippen molar-refractivity contribution >= 4 is 44.9 Å². The topological polar surface area (TPSA) is 81.9 Å². The number of para-hydroxylation sites is 1. The molecule has 4 aromatic carbocycles. The Labute approximate surface area is 266 Å². The molecule has 1 N–H and O–H groups in total. The number of allylic oxidation sites excluding steroid dienone is 1. The Balaban J connectivity index is 1.39. The number of methoxy groups -OCH3 is 1. The van der Waals surface area contributed by atoms with Crippen LogP contribution in [-0.2, 0) is 11.4 Å². The van der Waals surface area contributed by atoms with Crippen LogP contribution in [0, 0.1) is 0 Å². The maximum atomic E-state index is 14.1. The molecule has 1 aromatic heterocycles. The van der Waals surface area contributed by atoms with Crippen LogP contribution in [-0.4, -0.2) is 17.6 Å². The molecule has 1 aliphatic heterocycles. The second-order valence-corrected chi connectivity index (χ2v) is 12.1. The first-order valence-electron chi connectivity index (χ1n) is 13.9. The second kappa shape index (κ2) is 12.9. The third-order valence-electron chi connectivity index (χ3n) is 7.18. The zero-order valence-corrected chi connectivity index (χ0v) is 26.4. The first kappa shape index (κ1) is 29.3. The minimum absolute atomic E-state index is 0.236. The zero-order chi connectivity index (χ0) is 30.6. The molecule has 5 aromatic rings. The van der Waals surface area contributed by atoms with Crippen molar-refractivity contribution in [1.29, 1.82) is 0 Å². The molecule has 0 saturated heterocycles. The number of thiazole rings is 1. The third kappa shape index (κ3) is 6.29. The number of hydrogen-bond acceptors (Lipinski definition) is 6. The summed E-state index contributed by atoms with van der Waals surface area (Å²) in [6.45, 7) is 2.23. The minimum Gasteiger partial charge on any atom is -0.497 e. The zero-order valence-electron chi connectivity index (χ0n) is 24.0. The molecule has 0 fully saturated rings. The van der Waals surface area contributed by atoms with Crippen molar-refractivity contribution in [1.82, 2.24) is 4.57 Å². The number of anilines is 1. The highest BCUT2D eigenvalue weighted by Crippen LogP contribution is 2.32. The van der Waals surface area contributed by atoms with Gasteiger partial charge in [0.2, 0.25) is 0 Å². The number of nitrogens with one attached hydrogen (secondary N) is 1. The number of rotatable bonds is 8. The lowest BCUT2D eigenvalue weighted by atomic mass is 9.95. The van der Waals surface area contributed by atoms with Gasteiger partial charge in [-0.2, -0.15) is 0 Å². The Morgan fingerprint density at radius 1 is 0.977 bits per heavy atom. The van der Waals surface area contributed by atoms with Crippen molar-refractivity contribution < 1.29 is 14.3 Å². The molecule has 6 rings (SSSR count). The minimum atomic E-state index is -0.701. The van der Waals surface area contributed by atoms with Crippen LogP contribution in [0.3, 0.4) is 0 Å². The van der Waals surface area contributed by atoms with E-state index in [4.69, 9.17) is 14.5 Å². The summed E-state index contributed by atoms with van der Waals surface area (Å²) in [6, 6.07) is 31.5. The number of aromatic nitrogens is 1. The van der Waals surface area contributed by atoms with Crippen molar-refractivity contribution in [2.45, 2.75) is 19.6 Å². The van der Waals surface area contributed by atoms with Crippen LogP contribution < -0.4 is 29.7 Å². The van der Waals surface area contributed by atoms with Gasteiger partial charge in [0.1, 0.15) is 18.1 Å². The molecular weight excluding hydrogens is 638 g/mol. The lowest BCUT2D eigenvalue weighted by Gasteiger charge is -2.25. The van der Waals surface area contributed by atoms with Gasteiger partial charge in [-0.25, -0.2) is 4.99 Å². The van der Waals surface area contributed by atoms with Crippen LogP contribution in [0.5, 0.6) is 11.5 Å². The summed E-state index contributed by atoms with van der Waals surface area (Å²) >= 11 is 4.74. The van der Waals surface area contributed by atoms with Gasteiger partial charge in [-0.05, 0) is 78.2 Å². The summed E-state index contributed by atoms with van der Waals surface area (Å²) in [5.41, 5.74) is 3.97. The quantitative estimate of drug-likeness (QED) is 0.213. The number of fused-ring (bicyclic) bond motifs is 1. The molecule has 0 spiro atoms. The standard InChI is InChI=1S/C35H28BrN3O4S/c1-22-31(33(40)38-27-10-4-3-5-11-27)32(25-9-7-12-28(20-25)42-2)39-34(41)30(44-35(39)37-22)19-24-8-6-13-29(18-24)43-21-23-14-16-26(36)17-15-23/h3-20,32H,21H2,1-2H3,(H,38,40)/b30-19-/t32-/m0/s1. The molecule has 0 aliphatic carbocycles. The molecule has 220 valence electrons. The molecule has 9 heteroatoms. The summed E-state index contributed by atoms with van der Waals surface area (Å²) in [6.07, 6.45) is 1.84. The van der Waals surface area contributed by atoms with Crippen molar-refractivity contribution in [3.63, 3.8) is 0 Å². The van der Waals surface area contributed by atoms with Gasteiger partial charge in [-0.1, -0.05) is 81.9 Å². The number of halogens is 1. The predicted molar refractivity (Wildman–Crippen MR) is 177 cm³/mol. The largest absolute Gasteiger partial charge is 0.497 e. The monoisotopic (exact) mass is 665 g/mol. The highest BCUT2D eigenvalue weighted by molar-refractivity contribution is 9.10. The molecule has 7 nitrogen and oxygen atoms in total. The molecular formula is C35H28BrN3O4S. The summed E-state index contributed by atoms with van der Waals surface area (Å²) in [7, 11) is 1.59. The Morgan fingerprint density at radius 3 is 2.50 bits per heavy atom. The van der Waals surface area contributed by atoms with E-state index in [1.54, 1.807) is 18.6 Å². The summed E-state index contributed by atoms with van der Waals surface area (Å²) in [4.78, 5) is 33.1. The summed E-state index contributed by atoms with van der Waals surface area (Å²) < 4.78 is 14.6. The highest BCUT2D eigenvalue weighted by atomic mass is 79.9. The average Bonchev–Trinajstić information content (AvgIpc) is 3.34. The van der Waals surface area contributed by atoms with E-state index in [0.717, 1.165) is 21.2 Å². The highest BCUT2D eigenvalue weighted by Gasteiger charge is 2.32. The summed E-state index contributed by atoms with van der Waals surface area (Å²) in [5, 5.41) is 2.98. The first-order valence-corrected chi connectivity index (χ1v) is 15.5. The van der Waals surface area contributed by atoms with Crippen molar-refractivity contribution in [3.05, 3.63) is 155 Å². The molecule has 44 heavy (non-hydrogen) atoms. The van der Waals surface area contributed by atoms with Crippen LogP contribution in [0.2, 0.25) is 0 Å². The fourth-order valence-corrected chi connectivity index (χ4v) is 6.36. The molecule has 0 radical (unpaired) electrons. The number of carbonyl (C=O) groups excluding carboxylic acids is 1. The first-order chi connectivity index (χ1) is 21.4. The van der Waals surface area contributed by atoms with Gasteiger partial charge in [0.25, 0.3) is 11.5 Å². The van der Waals surface area contributed by atoms with Crippen LogP contribution in [0.25, 0.3) is 6.08 Å². The molecule has 0 saturated carbocycles. The van der Waals surface area contributed by atoms with Crippen molar-refractivity contribution in [2.24, 2.45) is 4.99 Å². The number of carbonyl (C=O) groups is 1. The Morgan fingerprint density at radius 2 is 1.73 bits per heavy atom. The normalized spacial score (nSPS) is 14.5. The van der Waals surface area contributed by atoms with Crippen LogP contribution >= 0.6 is 27.3 Å². The van der Waals surface area contributed by atoms with E-state index in [0.29, 0.717) is 44.4 Å². The van der Waals surface area contributed by atoms with Gasteiger partial charge in [0, 0.05) is 10.2 Å². The van der Waals surface area contributed by atoms with E-state index in [1.165, 1.54) is 11.3 Å². The maximum Gasteiger partial charge on any atom is 0.271 e. The average molecular weight is 667 g/mol. The predicted octanol–water partition coefficient (Wildman–Crippen LogP) is 6.22. The van der Waals surface area contributed by atoms with Gasteiger partial charge in [-0.3, -0.25) is 14.2 Å². The fourth-order valence-electron chi connectivity index (χ4n) is 5.05. The van der Waals surface area contributed by atoms with Crippen molar-refractivity contribution in [2.75, 3.05) is 12.4 Å². The van der Waals surface area contributed by atoms with E-state index in [-0.39, 0.29) is 11.5 Å². The second-order valence-electron chi connectivity index (χ2n) is 10.2. The molecule has 1 aliphatic rings. The molecule has 0 bridgehead atoms. The van der Waals surface area contributed by atoms with Gasteiger partial charge in [-0.15, -0.1) is 0 Å². The number of benzene rings is 4. The lowest BCUT2D eigenvalue weighted by molar-refractivity contribution is -0.113.